The second kappa shape index (κ2) is 7.85. The van der Waals surface area contributed by atoms with Crippen molar-refractivity contribution >= 4 is 11.7 Å². The van der Waals surface area contributed by atoms with Crippen molar-refractivity contribution in [1.29, 1.82) is 0 Å². The lowest BCUT2D eigenvalue weighted by atomic mass is 10.2. The summed E-state index contributed by atoms with van der Waals surface area (Å²) in [6, 6.07) is 4.96. The minimum Gasteiger partial charge on any atom is -0.491 e. The number of esters is 1. The summed E-state index contributed by atoms with van der Waals surface area (Å²) in [6.07, 6.45) is 0. The van der Waals surface area contributed by atoms with Crippen molar-refractivity contribution in [3.8, 4) is 5.75 Å². The first kappa shape index (κ1) is 15.6. The number of nitrogens with two attached hydrogens (primary N) is 1. The molecule has 1 fully saturated rings. The van der Waals surface area contributed by atoms with Crippen molar-refractivity contribution in [2.24, 2.45) is 0 Å². The molecule has 1 aromatic carbocycles. The number of ether oxygens (including phenoxy) is 3. The Labute approximate surface area is 124 Å². The lowest BCUT2D eigenvalue weighted by Crippen LogP contribution is -2.38. The zero-order chi connectivity index (χ0) is 15.1. The van der Waals surface area contributed by atoms with E-state index in [9.17, 15) is 4.79 Å². The maximum absolute atomic E-state index is 11.9. The molecule has 2 rings (SSSR count). The van der Waals surface area contributed by atoms with E-state index in [1.54, 1.807) is 25.1 Å². The number of benzene rings is 1. The molecule has 0 unspecified atom stereocenters. The number of rotatable bonds is 6. The third-order valence-corrected chi connectivity index (χ3v) is 3.27. The number of morpholine rings is 1. The molecule has 0 aromatic heterocycles. The van der Waals surface area contributed by atoms with Gasteiger partial charge in [0.05, 0.1) is 19.8 Å². The van der Waals surface area contributed by atoms with E-state index in [0.717, 1.165) is 32.8 Å². The average Bonchev–Trinajstić information content (AvgIpc) is 2.49. The van der Waals surface area contributed by atoms with Gasteiger partial charge in [-0.2, -0.15) is 0 Å². The standard InChI is InChI=1S/C15H22N2O4/c1-2-20-15(18)13-4-3-12(16)11-14(13)21-10-7-17-5-8-19-9-6-17/h3-4,11H,2,5-10,16H2,1H3. The molecule has 1 aliphatic heterocycles. The molecular weight excluding hydrogens is 272 g/mol. The van der Waals surface area contributed by atoms with Crippen LogP contribution in [-0.2, 0) is 9.47 Å². The minimum absolute atomic E-state index is 0.330. The molecule has 0 spiro atoms. The molecule has 6 heteroatoms. The van der Waals surface area contributed by atoms with E-state index in [0.29, 0.717) is 30.2 Å². The molecule has 2 N–H and O–H groups in total. The number of hydrogen-bond acceptors (Lipinski definition) is 6. The van der Waals surface area contributed by atoms with Gasteiger partial charge >= 0.3 is 5.97 Å². The first-order valence-corrected chi connectivity index (χ1v) is 7.20. The van der Waals surface area contributed by atoms with Crippen LogP contribution in [0.3, 0.4) is 0 Å². The molecule has 0 bridgehead atoms. The Balaban J connectivity index is 1.94. The van der Waals surface area contributed by atoms with Crippen LogP contribution >= 0.6 is 0 Å². The Morgan fingerprint density at radius 1 is 1.38 bits per heavy atom. The van der Waals surface area contributed by atoms with Gasteiger partial charge in [-0.05, 0) is 19.1 Å². The van der Waals surface area contributed by atoms with Gasteiger partial charge in [0.25, 0.3) is 0 Å². The molecule has 0 radical (unpaired) electrons. The van der Waals surface area contributed by atoms with Crippen LogP contribution in [0.2, 0.25) is 0 Å². The lowest BCUT2D eigenvalue weighted by molar-refractivity contribution is 0.0320. The van der Waals surface area contributed by atoms with Crippen LogP contribution in [0.25, 0.3) is 0 Å². The second-order valence-corrected chi connectivity index (χ2v) is 4.78. The molecule has 1 heterocycles. The van der Waals surface area contributed by atoms with Crippen LogP contribution in [0.15, 0.2) is 18.2 Å². The maximum atomic E-state index is 11.9. The molecule has 6 nitrogen and oxygen atoms in total. The summed E-state index contributed by atoms with van der Waals surface area (Å²) in [6.45, 7) is 6.72. The van der Waals surface area contributed by atoms with Crippen LogP contribution in [-0.4, -0.2) is 56.9 Å². The average molecular weight is 294 g/mol. The molecule has 21 heavy (non-hydrogen) atoms. The van der Waals surface area contributed by atoms with Gasteiger partial charge in [0.2, 0.25) is 0 Å². The number of anilines is 1. The second-order valence-electron chi connectivity index (χ2n) is 4.78. The van der Waals surface area contributed by atoms with Gasteiger partial charge in [-0.15, -0.1) is 0 Å². The van der Waals surface area contributed by atoms with E-state index in [1.165, 1.54) is 0 Å². The Kier molecular flexibility index (Phi) is 5.83. The van der Waals surface area contributed by atoms with Crippen LogP contribution in [0.5, 0.6) is 5.75 Å². The smallest absolute Gasteiger partial charge is 0.341 e. The molecule has 1 aliphatic rings. The van der Waals surface area contributed by atoms with E-state index in [1.807, 2.05) is 0 Å². The van der Waals surface area contributed by atoms with Gasteiger partial charge in [-0.3, -0.25) is 4.90 Å². The fourth-order valence-electron chi connectivity index (χ4n) is 2.15. The monoisotopic (exact) mass is 294 g/mol. The molecule has 0 amide bonds. The van der Waals surface area contributed by atoms with Crippen molar-refractivity contribution in [3.05, 3.63) is 23.8 Å². The van der Waals surface area contributed by atoms with Gasteiger partial charge in [0, 0.05) is 31.4 Å². The quantitative estimate of drug-likeness (QED) is 0.627. The SMILES string of the molecule is CCOC(=O)c1ccc(N)cc1OCCN1CCOCC1. The van der Waals surface area contributed by atoms with Crippen molar-refractivity contribution in [3.63, 3.8) is 0 Å². The number of nitrogen functional groups attached to an aromatic ring is 1. The summed E-state index contributed by atoms with van der Waals surface area (Å²) in [5, 5.41) is 0. The zero-order valence-corrected chi connectivity index (χ0v) is 12.3. The van der Waals surface area contributed by atoms with Crippen molar-refractivity contribution < 1.29 is 19.0 Å². The number of hydrogen-bond donors (Lipinski definition) is 1. The van der Waals surface area contributed by atoms with E-state index in [-0.39, 0.29) is 5.97 Å². The predicted molar refractivity (Wildman–Crippen MR) is 79.6 cm³/mol. The van der Waals surface area contributed by atoms with E-state index < -0.39 is 0 Å². The molecule has 116 valence electrons. The van der Waals surface area contributed by atoms with Gasteiger partial charge in [-0.25, -0.2) is 4.79 Å². The third-order valence-electron chi connectivity index (χ3n) is 3.27. The largest absolute Gasteiger partial charge is 0.491 e. The van der Waals surface area contributed by atoms with E-state index in [2.05, 4.69) is 4.90 Å². The van der Waals surface area contributed by atoms with Gasteiger partial charge in [0.15, 0.2) is 0 Å². The molecule has 0 aliphatic carbocycles. The van der Waals surface area contributed by atoms with Crippen molar-refractivity contribution in [1.82, 2.24) is 4.90 Å². The summed E-state index contributed by atoms with van der Waals surface area (Å²) >= 11 is 0. The van der Waals surface area contributed by atoms with Gasteiger partial charge in [0.1, 0.15) is 17.9 Å². The molecule has 0 atom stereocenters. The van der Waals surface area contributed by atoms with Crippen LogP contribution < -0.4 is 10.5 Å². The Morgan fingerprint density at radius 3 is 2.86 bits per heavy atom. The first-order valence-electron chi connectivity index (χ1n) is 7.20. The minimum atomic E-state index is -0.390. The highest BCUT2D eigenvalue weighted by molar-refractivity contribution is 5.93. The Hall–Kier alpha value is -1.79. The fraction of sp³-hybridized carbons (Fsp3) is 0.533. The van der Waals surface area contributed by atoms with Crippen LogP contribution in [0.4, 0.5) is 5.69 Å². The Morgan fingerprint density at radius 2 is 2.14 bits per heavy atom. The van der Waals surface area contributed by atoms with Gasteiger partial charge in [-0.1, -0.05) is 0 Å². The van der Waals surface area contributed by atoms with Crippen molar-refractivity contribution in [2.75, 3.05) is 51.8 Å². The number of nitrogens with zero attached hydrogens (tertiary/aromatic N) is 1. The highest BCUT2D eigenvalue weighted by Gasteiger charge is 2.15. The molecule has 0 saturated carbocycles. The first-order chi connectivity index (χ1) is 10.2. The number of carbonyl (C=O) groups is 1. The summed E-state index contributed by atoms with van der Waals surface area (Å²) in [5.74, 6) is 0.0839. The van der Waals surface area contributed by atoms with E-state index >= 15 is 0 Å². The summed E-state index contributed by atoms with van der Waals surface area (Å²) in [7, 11) is 0. The highest BCUT2D eigenvalue weighted by atomic mass is 16.5. The summed E-state index contributed by atoms with van der Waals surface area (Å²) < 4.78 is 16.0. The maximum Gasteiger partial charge on any atom is 0.341 e. The van der Waals surface area contributed by atoms with E-state index in [4.69, 9.17) is 19.9 Å². The van der Waals surface area contributed by atoms with Crippen LogP contribution in [0, 0.1) is 0 Å². The molecular formula is C15H22N2O4. The predicted octanol–water partition coefficient (Wildman–Crippen LogP) is 1.16. The molecule has 1 saturated heterocycles. The lowest BCUT2D eigenvalue weighted by Gasteiger charge is -2.26. The third kappa shape index (κ3) is 4.61. The highest BCUT2D eigenvalue weighted by Crippen LogP contribution is 2.22. The summed E-state index contributed by atoms with van der Waals surface area (Å²) in [4.78, 5) is 14.1. The van der Waals surface area contributed by atoms with Crippen LogP contribution in [0.1, 0.15) is 17.3 Å². The van der Waals surface area contributed by atoms with Crippen molar-refractivity contribution in [2.45, 2.75) is 6.92 Å². The normalized spacial score (nSPS) is 15.7. The topological polar surface area (TPSA) is 74.0 Å². The molecule has 1 aromatic rings. The zero-order valence-electron chi connectivity index (χ0n) is 12.3. The Bertz CT molecular complexity index is 473. The van der Waals surface area contributed by atoms with Gasteiger partial charge < -0.3 is 19.9 Å². The summed E-state index contributed by atoms with van der Waals surface area (Å²) in [5.41, 5.74) is 6.73. The number of carbonyl (C=O) groups excluding carboxylic acids is 1. The fourth-order valence-corrected chi connectivity index (χ4v) is 2.15.